The Morgan fingerprint density at radius 1 is 1.24 bits per heavy atom. The van der Waals surface area contributed by atoms with E-state index in [1.165, 1.54) is 32.2 Å². The lowest BCUT2D eigenvalue weighted by Crippen LogP contribution is -2.36. The van der Waals surface area contributed by atoms with E-state index in [4.69, 9.17) is 0 Å². The molecule has 1 aromatic rings. The molecule has 0 saturated carbocycles. The van der Waals surface area contributed by atoms with Crippen LogP contribution in [-0.2, 0) is 12.1 Å². The van der Waals surface area contributed by atoms with Gasteiger partial charge < -0.3 is 0 Å². The van der Waals surface area contributed by atoms with Gasteiger partial charge in [0.05, 0.1) is 6.54 Å². The fourth-order valence-corrected chi connectivity index (χ4v) is 2.11. The average Bonchev–Trinajstić information content (AvgIpc) is 2.72. The Morgan fingerprint density at radius 3 is 2.41 bits per heavy atom. The summed E-state index contributed by atoms with van der Waals surface area (Å²) in [5, 5.41) is 0. The van der Waals surface area contributed by atoms with Crippen LogP contribution in [0.15, 0.2) is 18.7 Å². The normalized spacial score (nSPS) is 13.9. The van der Waals surface area contributed by atoms with Crippen molar-refractivity contribution in [3.8, 4) is 0 Å². The van der Waals surface area contributed by atoms with E-state index in [0.29, 0.717) is 0 Å². The van der Waals surface area contributed by atoms with Gasteiger partial charge in [-0.1, -0.05) is 26.7 Å². The second-order valence-electron chi connectivity index (χ2n) is 6.10. The zero-order valence-electron chi connectivity index (χ0n) is 12.2. The van der Waals surface area contributed by atoms with E-state index in [-0.39, 0.29) is 5.54 Å². The van der Waals surface area contributed by atoms with Crippen molar-refractivity contribution in [2.24, 2.45) is 5.92 Å². The predicted octanol–water partition coefficient (Wildman–Crippen LogP) is 3.75. The van der Waals surface area contributed by atoms with Crippen molar-refractivity contribution < 1.29 is 4.57 Å². The molecule has 0 saturated heterocycles. The number of aromatic nitrogens is 2. The maximum atomic E-state index is 2.34. The third kappa shape index (κ3) is 4.53. The summed E-state index contributed by atoms with van der Waals surface area (Å²) >= 11 is 0. The number of imidazole rings is 1. The second kappa shape index (κ2) is 6.23. The summed E-state index contributed by atoms with van der Waals surface area (Å²) in [6.07, 6.45) is 12.0. The summed E-state index contributed by atoms with van der Waals surface area (Å²) in [4.78, 5) is 0. The third-order valence-electron chi connectivity index (χ3n) is 3.48. The Hall–Kier alpha value is -0.790. The SMILES string of the molecule is CCCCC(CC)C[n+]1ccn(C(C)(C)C)c1. The van der Waals surface area contributed by atoms with Crippen molar-refractivity contribution in [3.05, 3.63) is 18.7 Å². The van der Waals surface area contributed by atoms with E-state index in [9.17, 15) is 0 Å². The molecule has 0 aliphatic heterocycles. The molecule has 0 radical (unpaired) electrons. The van der Waals surface area contributed by atoms with Crippen molar-refractivity contribution in [1.29, 1.82) is 0 Å². The van der Waals surface area contributed by atoms with Crippen LogP contribution in [0.5, 0.6) is 0 Å². The molecule has 1 aromatic heterocycles. The first-order valence-corrected chi connectivity index (χ1v) is 7.04. The van der Waals surface area contributed by atoms with Crippen LogP contribution in [0.2, 0.25) is 0 Å². The van der Waals surface area contributed by atoms with Crippen LogP contribution in [0.3, 0.4) is 0 Å². The quantitative estimate of drug-likeness (QED) is 0.666. The van der Waals surface area contributed by atoms with Crippen LogP contribution >= 0.6 is 0 Å². The van der Waals surface area contributed by atoms with Crippen molar-refractivity contribution in [2.45, 2.75) is 72.4 Å². The molecule has 0 aliphatic carbocycles. The highest BCUT2D eigenvalue weighted by Gasteiger charge is 2.20. The van der Waals surface area contributed by atoms with Crippen LogP contribution < -0.4 is 4.57 Å². The molecule has 2 heteroatoms. The Morgan fingerprint density at radius 2 is 1.94 bits per heavy atom. The summed E-state index contributed by atoms with van der Waals surface area (Å²) in [5.41, 5.74) is 0.191. The predicted molar refractivity (Wildman–Crippen MR) is 72.9 cm³/mol. The van der Waals surface area contributed by atoms with Gasteiger partial charge in [-0.3, -0.25) is 0 Å². The van der Waals surface area contributed by atoms with Gasteiger partial charge in [0, 0.05) is 0 Å². The minimum Gasteiger partial charge on any atom is -0.237 e. The van der Waals surface area contributed by atoms with Crippen LogP contribution in [0, 0.1) is 5.92 Å². The van der Waals surface area contributed by atoms with Crippen LogP contribution in [0.25, 0.3) is 0 Å². The van der Waals surface area contributed by atoms with Gasteiger partial charge in [-0.2, -0.15) is 0 Å². The molecule has 1 heterocycles. The lowest BCUT2D eigenvalue weighted by molar-refractivity contribution is -0.703. The average molecular weight is 237 g/mol. The Labute approximate surface area is 107 Å². The highest BCUT2D eigenvalue weighted by molar-refractivity contribution is 4.78. The summed E-state index contributed by atoms with van der Waals surface area (Å²) in [7, 11) is 0. The molecule has 98 valence electrons. The minimum atomic E-state index is 0.191. The van der Waals surface area contributed by atoms with Crippen molar-refractivity contribution in [3.63, 3.8) is 0 Å². The van der Waals surface area contributed by atoms with Gasteiger partial charge in [-0.15, -0.1) is 0 Å². The molecule has 1 rings (SSSR count). The first-order chi connectivity index (χ1) is 7.97. The molecule has 0 bridgehead atoms. The Balaban J connectivity index is 2.58. The van der Waals surface area contributed by atoms with Gasteiger partial charge in [0.25, 0.3) is 0 Å². The highest BCUT2D eigenvalue weighted by atomic mass is 15.1. The topological polar surface area (TPSA) is 8.81 Å². The molecule has 0 aromatic carbocycles. The first-order valence-electron chi connectivity index (χ1n) is 7.04. The van der Waals surface area contributed by atoms with E-state index >= 15 is 0 Å². The Kier molecular flexibility index (Phi) is 5.23. The van der Waals surface area contributed by atoms with E-state index in [0.717, 1.165) is 5.92 Å². The third-order valence-corrected chi connectivity index (χ3v) is 3.48. The summed E-state index contributed by atoms with van der Waals surface area (Å²) in [6.45, 7) is 12.5. The molecule has 17 heavy (non-hydrogen) atoms. The minimum absolute atomic E-state index is 0.191. The number of hydrogen-bond acceptors (Lipinski definition) is 0. The zero-order chi connectivity index (χ0) is 12.9. The monoisotopic (exact) mass is 237 g/mol. The number of nitrogens with zero attached hydrogens (tertiary/aromatic N) is 2. The van der Waals surface area contributed by atoms with Crippen molar-refractivity contribution in [1.82, 2.24) is 4.57 Å². The maximum absolute atomic E-state index is 2.34. The molecule has 0 fully saturated rings. The molecular weight excluding hydrogens is 208 g/mol. The highest BCUT2D eigenvalue weighted by Crippen LogP contribution is 2.14. The van der Waals surface area contributed by atoms with Crippen molar-refractivity contribution in [2.75, 3.05) is 0 Å². The molecule has 1 atom stereocenters. The lowest BCUT2D eigenvalue weighted by atomic mass is 9.99. The number of rotatable bonds is 6. The smallest absolute Gasteiger partial charge is 0.237 e. The standard InChI is InChI=1S/C15H29N2/c1-6-8-9-14(7-2)12-16-10-11-17(13-16)15(3,4)5/h10-11,13-14H,6-9,12H2,1-5H3/q+1. The van der Waals surface area contributed by atoms with Crippen LogP contribution in [0.4, 0.5) is 0 Å². The van der Waals surface area contributed by atoms with Gasteiger partial charge in [0.2, 0.25) is 6.33 Å². The number of hydrogen-bond donors (Lipinski definition) is 0. The van der Waals surface area contributed by atoms with Gasteiger partial charge in [0.15, 0.2) is 0 Å². The fraction of sp³-hybridized carbons (Fsp3) is 0.800. The van der Waals surface area contributed by atoms with E-state index in [1.807, 2.05) is 0 Å². The summed E-state index contributed by atoms with van der Waals surface area (Å²) in [5.74, 6) is 0.829. The molecule has 0 amide bonds. The van der Waals surface area contributed by atoms with E-state index in [2.05, 4.69) is 62.5 Å². The molecule has 0 N–H and O–H groups in total. The van der Waals surface area contributed by atoms with Gasteiger partial charge in [-0.05, 0) is 39.5 Å². The van der Waals surface area contributed by atoms with Crippen molar-refractivity contribution >= 4 is 0 Å². The molecule has 0 aliphatic rings. The fourth-order valence-electron chi connectivity index (χ4n) is 2.11. The van der Waals surface area contributed by atoms with Gasteiger partial charge in [0.1, 0.15) is 17.9 Å². The zero-order valence-corrected chi connectivity index (χ0v) is 12.2. The maximum Gasteiger partial charge on any atom is 0.244 e. The van der Waals surface area contributed by atoms with Crippen LogP contribution in [-0.4, -0.2) is 4.57 Å². The van der Waals surface area contributed by atoms with E-state index in [1.54, 1.807) is 0 Å². The number of unbranched alkanes of at least 4 members (excludes halogenated alkanes) is 1. The van der Waals surface area contributed by atoms with Gasteiger partial charge in [-0.25, -0.2) is 9.13 Å². The molecule has 0 spiro atoms. The summed E-state index contributed by atoms with van der Waals surface area (Å²) in [6, 6.07) is 0. The van der Waals surface area contributed by atoms with Gasteiger partial charge >= 0.3 is 0 Å². The largest absolute Gasteiger partial charge is 0.244 e. The van der Waals surface area contributed by atoms with Crippen LogP contribution in [0.1, 0.15) is 60.3 Å². The van der Waals surface area contributed by atoms with E-state index < -0.39 is 0 Å². The first kappa shape index (κ1) is 14.3. The Bertz CT molecular complexity index is 320. The molecule has 2 nitrogen and oxygen atoms in total. The molecular formula is C15H29N2+. The lowest BCUT2D eigenvalue weighted by Gasteiger charge is -2.14. The second-order valence-corrected chi connectivity index (χ2v) is 6.10. The summed E-state index contributed by atoms with van der Waals surface area (Å²) < 4.78 is 4.63. The molecule has 1 unspecified atom stereocenters.